The molecule has 1 aromatic heterocycles. The number of aryl methyl sites for hydroxylation is 1. The number of aromatic nitrogens is 1. The summed E-state index contributed by atoms with van der Waals surface area (Å²) in [6.07, 6.45) is -0.765. The molecule has 8 nitrogen and oxygen atoms in total. The summed E-state index contributed by atoms with van der Waals surface area (Å²) in [7, 11) is 3.63. The molecule has 2 aromatic carbocycles. The molecule has 0 bridgehead atoms. The highest BCUT2D eigenvalue weighted by Crippen LogP contribution is 2.38. The van der Waals surface area contributed by atoms with Crippen LogP contribution in [0.4, 0.5) is 4.79 Å². The largest absolute Gasteiger partial charge is 0.449 e. The lowest BCUT2D eigenvalue weighted by Crippen LogP contribution is -2.48. The molecule has 0 spiro atoms. The van der Waals surface area contributed by atoms with Crippen LogP contribution in [-0.4, -0.2) is 77.0 Å². The van der Waals surface area contributed by atoms with E-state index >= 15 is 0 Å². The molecular weight excluding hydrogens is 494 g/mol. The van der Waals surface area contributed by atoms with E-state index in [-0.39, 0.29) is 30.5 Å². The lowest BCUT2D eigenvalue weighted by molar-refractivity contribution is -0.0235. The van der Waals surface area contributed by atoms with E-state index in [0.29, 0.717) is 32.0 Å². The Morgan fingerprint density at radius 2 is 1.85 bits per heavy atom. The number of hydrogen-bond acceptors (Lipinski definition) is 5. The number of aliphatic hydroxyl groups excluding tert-OH is 1. The van der Waals surface area contributed by atoms with Crippen molar-refractivity contribution < 1.29 is 24.2 Å². The van der Waals surface area contributed by atoms with Gasteiger partial charge in [-0.3, -0.25) is 4.79 Å². The number of carbonyl (C=O) groups is 2. The molecule has 0 saturated carbocycles. The molecule has 4 rings (SSSR count). The lowest BCUT2D eigenvalue weighted by atomic mass is 9.96. The minimum atomic E-state index is -0.406. The molecule has 2 heterocycles. The van der Waals surface area contributed by atoms with E-state index in [0.717, 1.165) is 27.6 Å². The first-order valence-corrected chi connectivity index (χ1v) is 13.7. The highest BCUT2D eigenvalue weighted by molar-refractivity contribution is 6.10. The van der Waals surface area contributed by atoms with Crippen LogP contribution in [0.15, 0.2) is 48.5 Å². The number of fused-ring (bicyclic) bond motifs is 5. The van der Waals surface area contributed by atoms with Crippen LogP contribution in [-0.2, 0) is 23.1 Å². The summed E-state index contributed by atoms with van der Waals surface area (Å²) in [5.74, 6) is -0.0346. The van der Waals surface area contributed by atoms with E-state index < -0.39 is 12.1 Å². The quantitative estimate of drug-likeness (QED) is 0.484. The van der Waals surface area contributed by atoms with Gasteiger partial charge in [0.2, 0.25) is 0 Å². The van der Waals surface area contributed by atoms with E-state index in [9.17, 15) is 14.7 Å². The Morgan fingerprint density at radius 1 is 1.15 bits per heavy atom. The lowest BCUT2D eigenvalue weighted by Gasteiger charge is -2.35. The minimum absolute atomic E-state index is 0.133. The summed E-state index contributed by atoms with van der Waals surface area (Å²) >= 11 is 0. The monoisotopic (exact) mass is 535 g/mol. The summed E-state index contributed by atoms with van der Waals surface area (Å²) in [5, 5.41) is 11.1. The molecule has 0 radical (unpaired) electrons. The number of likely N-dealkylation sites (N-methyl/N-ethyl adjacent to an activating group) is 1. The van der Waals surface area contributed by atoms with Crippen molar-refractivity contribution in [2.45, 2.75) is 46.4 Å². The van der Waals surface area contributed by atoms with Gasteiger partial charge in [-0.15, -0.1) is 0 Å². The third-order valence-corrected chi connectivity index (χ3v) is 7.53. The summed E-state index contributed by atoms with van der Waals surface area (Å²) in [6.45, 7) is 9.04. The first-order valence-electron chi connectivity index (χ1n) is 13.7. The third-order valence-electron chi connectivity index (χ3n) is 7.53. The van der Waals surface area contributed by atoms with Crippen molar-refractivity contribution in [3.05, 3.63) is 59.8 Å². The molecule has 8 heteroatoms. The Kier molecular flexibility index (Phi) is 8.97. The smallest absolute Gasteiger partial charge is 0.409 e. The molecule has 2 amide bonds. The van der Waals surface area contributed by atoms with Crippen LogP contribution in [0.25, 0.3) is 22.0 Å². The number of amides is 2. The number of ether oxygens (including phenoxy) is 2. The number of aliphatic hydroxyl groups is 1. The average molecular weight is 536 g/mol. The zero-order chi connectivity index (χ0) is 28.3. The van der Waals surface area contributed by atoms with Crippen LogP contribution in [0.2, 0.25) is 0 Å². The first-order chi connectivity index (χ1) is 18.6. The molecular formula is C31H41N3O5. The van der Waals surface area contributed by atoms with Gasteiger partial charge in [-0.25, -0.2) is 4.79 Å². The van der Waals surface area contributed by atoms with Crippen molar-refractivity contribution >= 4 is 22.9 Å². The number of rotatable bonds is 6. The maximum Gasteiger partial charge on any atom is 0.409 e. The van der Waals surface area contributed by atoms with Crippen LogP contribution in [0, 0.1) is 11.8 Å². The molecule has 1 aliphatic heterocycles. The van der Waals surface area contributed by atoms with Gasteiger partial charge in [0.1, 0.15) is 5.69 Å². The summed E-state index contributed by atoms with van der Waals surface area (Å²) in [4.78, 5) is 30.3. The van der Waals surface area contributed by atoms with E-state index in [1.165, 1.54) is 0 Å². The molecule has 3 atom stereocenters. The zero-order valence-electron chi connectivity index (χ0n) is 23.9. The van der Waals surface area contributed by atoms with Gasteiger partial charge in [0, 0.05) is 43.0 Å². The Bertz CT molecular complexity index is 1320. The average Bonchev–Trinajstić information content (AvgIpc) is 3.22. The number of benzene rings is 2. The molecule has 3 aromatic rings. The van der Waals surface area contributed by atoms with Crippen LogP contribution in [0.3, 0.4) is 0 Å². The van der Waals surface area contributed by atoms with E-state index in [1.807, 2.05) is 87.8 Å². The predicted molar refractivity (Wildman–Crippen MR) is 152 cm³/mol. The van der Waals surface area contributed by atoms with Crippen molar-refractivity contribution in [2.24, 2.45) is 18.9 Å². The van der Waals surface area contributed by atoms with Crippen molar-refractivity contribution in [3.8, 4) is 11.1 Å². The second-order valence-corrected chi connectivity index (χ2v) is 11.1. The van der Waals surface area contributed by atoms with Gasteiger partial charge in [0.25, 0.3) is 5.91 Å². The fourth-order valence-corrected chi connectivity index (χ4v) is 5.22. The fraction of sp³-hybridized carbons (Fsp3) is 0.484. The fourth-order valence-electron chi connectivity index (χ4n) is 5.22. The van der Waals surface area contributed by atoms with Gasteiger partial charge in [0.05, 0.1) is 38.5 Å². The van der Waals surface area contributed by atoms with Crippen LogP contribution in [0.1, 0.15) is 43.7 Å². The number of para-hydroxylation sites is 1. The maximum absolute atomic E-state index is 14.4. The van der Waals surface area contributed by atoms with E-state index in [2.05, 4.69) is 0 Å². The molecule has 0 unspecified atom stereocenters. The molecule has 0 saturated heterocycles. The predicted octanol–water partition coefficient (Wildman–Crippen LogP) is 4.93. The Hall–Kier alpha value is -3.36. The SMILES string of the molecule is CC(C)COC(=O)N(C)C[C@@H]1OCc2ccccc2-c2c(n(C)c3ccccc23)C(=O)N([C@@H](C)CO)C[C@H]1C. The first kappa shape index (κ1) is 28.6. The van der Waals surface area contributed by atoms with Crippen LogP contribution in [0.5, 0.6) is 0 Å². The molecule has 1 aliphatic rings. The topological polar surface area (TPSA) is 84.2 Å². The van der Waals surface area contributed by atoms with Gasteiger partial charge in [0.15, 0.2) is 0 Å². The van der Waals surface area contributed by atoms with Crippen molar-refractivity contribution in [1.29, 1.82) is 0 Å². The van der Waals surface area contributed by atoms with E-state index in [4.69, 9.17) is 9.47 Å². The Balaban J connectivity index is 1.80. The number of carbonyl (C=O) groups excluding carboxylic acids is 2. The third kappa shape index (κ3) is 5.97. The van der Waals surface area contributed by atoms with Gasteiger partial charge < -0.3 is 28.9 Å². The second kappa shape index (κ2) is 12.2. The van der Waals surface area contributed by atoms with Gasteiger partial charge >= 0.3 is 6.09 Å². The van der Waals surface area contributed by atoms with Gasteiger partial charge in [-0.1, -0.05) is 63.2 Å². The van der Waals surface area contributed by atoms with Crippen LogP contribution < -0.4 is 0 Å². The molecule has 0 fully saturated rings. The van der Waals surface area contributed by atoms with Crippen molar-refractivity contribution in [1.82, 2.24) is 14.4 Å². The second-order valence-electron chi connectivity index (χ2n) is 11.1. The van der Waals surface area contributed by atoms with Crippen LogP contribution >= 0.6 is 0 Å². The number of hydrogen-bond donors (Lipinski definition) is 1. The molecule has 210 valence electrons. The summed E-state index contributed by atoms with van der Waals surface area (Å²) in [6, 6.07) is 15.6. The standard InChI is InChI=1S/C31H41N3O5/c1-20(2)18-39-31(37)32(5)16-27-21(3)15-34(22(4)17-35)30(36)29-28(24-12-8-7-11-23(24)19-38-27)25-13-9-10-14-26(25)33(29)6/h7-14,20-22,27,35H,15-19H2,1-6H3/t21-,22+,27+/m1/s1. The zero-order valence-corrected chi connectivity index (χ0v) is 23.9. The highest BCUT2D eigenvalue weighted by Gasteiger charge is 2.34. The Morgan fingerprint density at radius 3 is 2.56 bits per heavy atom. The Labute approximate surface area is 231 Å². The number of nitrogens with zero attached hydrogens (tertiary/aromatic N) is 3. The van der Waals surface area contributed by atoms with Gasteiger partial charge in [-0.05, 0) is 30.0 Å². The van der Waals surface area contributed by atoms with Crippen molar-refractivity contribution in [2.75, 3.05) is 33.4 Å². The van der Waals surface area contributed by atoms with Crippen molar-refractivity contribution in [3.63, 3.8) is 0 Å². The molecule has 1 N–H and O–H groups in total. The normalized spacial score (nSPS) is 18.9. The highest BCUT2D eigenvalue weighted by atomic mass is 16.6. The maximum atomic E-state index is 14.4. The van der Waals surface area contributed by atoms with Gasteiger partial charge in [-0.2, -0.15) is 0 Å². The van der Waals surface area contributed by atoms with E-state index in [1.54, 1.807) is 16.8 Å². The molecule has 39 heavy (non-hydrogen) atoms. The minimum Gasteiger partial charge on any atom is -0.449 e. The summed E-state index contributed by atoms with van der Waals surface area (Å²) in [5.41, 5.74) is 4.32. The molecule has 0 aliphatic carbocycles. The summed E-state index contributed by atoms with van der Waals surface area (Å²) < 4.78 is 13.9.